The molecule has 2 amide bonds. The van der Waals surface area contributed by atoms with Gasteiger partial charge in [-0.1, -0.05) is 13.8 Å². The van der Waals surface area contributed by atoms with E-state index >= 15 is 0 Å². The van der Waals surface area contributed by atoms with E-state index in [9.17, 15) is 10.1 Å². The van der Waals surface area contributed by atoms with Crippen LogP contribution >= 0.6 is 0 Å². The molecule has 0 spiro atoms. The van der Waals surface area contributed by atoms with Crippen molar-refractivity contribution < 1.29 is 9.53 Å². The van der Waals surface area contributed by atoms with Gasteiger partial charge in [0.25, 0.3) is 0 Å². The third-order valence-electron chi connectivity index (χ3n) is 6.67. The van der Waals surface area contributed by atoms with Crippen LogP contribution in [0.15, 0.2) is 0 Å². The molecule has 1 unspecified atom stereocenters. The normalized spacial score (nSPS) is 23.2. The van der Waals surface area contributed by atoms with E-state index in [2.05, 4.69) is 44.0 Å². The number of fused-ring (bicyclic) bond motifs is 1. The first-order chi connectivity index (χ1) is 14.3. The van der Waals surface area contributed by atoms with Crippen molar-refractivity contribution in [3.63, 3.8) is 0 Å². The molecule has 0 radical (unpaired) electrons. The number of hydrogen-bond acceptors (Lipinski definition) is 5. The summed E-state index contributed by atoms with van der Waals surface area (Å²) in [4.78, 5) is 21.6. The number of amides is 2. The fourth-order valence-corrected chi connectivity index (χ4v) is 4.79. The van der Waals surface area contributed by atoms with Crippen LogP contribution < -0.4 is 10.2 Å². The Balaban J connectivity index is 1.75. The molecule has 4 rings (SSSR count). The molecule has 1 saturated carbocycles. The third-order valence-corrected chi connectivity index (χ3v) is 6.67. The summed E-state index contributed by atoms with van der Waals surface area (Å²) in [5.41, 5.74) is 3.80. The van der Waals surface area contributed by atoms with Crippen molar-refractivity contribution in [2.24, 2.45) is 5.92 Å². The average Bonchev–Trinajstić information content (AvgIpc) is 3.56. The number of aromatic nitrogens is 1. The second-order valence-corrected chi connectivity index (χ2v) is 9.77. The lowest BCUT2D eigenvalue weighted by Gasteiger charge is -2.44. The predicted molar refractivity (Wildman–Crippen MR) is 115 cm³/mol. The van der Waals surface area contributed by atoms with Gasteiger partial charge in [0.05, 0.1) is 29.5 Å². The number of ether oxygens (including phenoxy) is 1. The second kappa shape index (κ2) is 7.73. The first-order valence-electron chi connectivity index (χ1n) is 11.1. The minimum atomic E-state index is -0.281. The van der Waals surface area contributed by atoms with Crippen LogP contribution in [0.25, 0.3) is 0 Å². The van der Waals surface area contributed by atoms with Crippen molar-refractivity contribution in [2.45, 2.75) is 71.1 Å². The van der Waals surface area contributed by atoms with Crippen LogP contribution in [0.1, 0.15) is 68.8 Å². The molecule has 162 valence electrons. The van der Waals surface area contributed by atoms with E-state index in [-0.39, 0.29) is 17.7 Å². The van der Waals surface area contributed by atoms with Crippen molar-refractivity contribution in [2.75, 3.05) is 31.6 Å². The molecule has 7 heteroatoms. The minimum absolute atomic E-state index is 0.0372. The zero-order valence-electron chi connectivity index (χ0n) is 18.8. The molecule has 1 aliphatic carbocycles. The maximum Gasteiger partial charge on any atom is 0.317 e. The summed E-state index contributed by atoms with van der Waals surface area (Å²) < 4.78 is 6.08. The Bertz CT molecular complexity index is 885. The first-order valence-corrected chi connectivity index (χ1v) is 11.1. The minimum Gasteiger partial charge on any atom is -0.370 e. The van der Waals surface area contributed by atoms with Gasteiger partial charge in [0.2, 0.25) is 0 Å². The van der Waals surface area contributed by atoms with Gasteiger partial charge in [-0.05, 0) is 38.2 Å². The fourth-order valence-electron chi connectivity index (χ4n) is 4.79. The van der Waals surface area contributed by atoms with E-state index in [1.54, 1.807) is 7.05 Å². The Morgan fingerprint density at radius 3 is 2.63 bits per heavy atom. The topological polar surface area (TPSA) is 81.5 Å². The average molecular weight is 412 g/mol. The highest BCUT2D eigenvalue weighted by Crippen LogP contribution is 2.45. The maximum atomic E-state index is 12.4. The summed E-state index contributed by atoms with van der Waals surface area (Å²) in [5.74, 6) is 1.60. The fraction of sp³-hybridized carbons (Fsp3) is 0.696. The van der Waals surface area contributed by atoms with Crippen LogP contribution in [0, 0.1) is 17.2 Å². The number of carbonyl (C=O) groups excluding carboxylic acids is 1. The van der Waals surface area contributed by atoms with Crippen molar-refractivity contribution in [3.05, 3.63) is 22.4 Å². The van der Waals surface area contributed by atoms with Gasteiger partial charge < -0.3 is 19.9 Å². The third kappa shape index (κ3) is 3.74. The summed E-state index contributed by atoms with van der Waals surface area (Å²) >= 11 is 0. The van der Waals surface area contributed by atoms with E-state index < -0.39 is 0 Å². The maximum absolute atomic E-state index is 12.4. The molecule has 3 heterocycles. The Hall–Kier alpha value is -2.33. The molecule has 1 atom stereocenters. The van der Waals surface area contributed by atoms with Crippen LogP contribution in [0.2, 0.25) is 0 Å². The van der Waals surface area contributed by atoms with Crippen LogP contribution in [-0.2, 0) is 17.8 Å². The number of urea groups is 1. The summed E-state index contributed by atoms with van der Waals surface area (Å²) in [6.07, 6.45) is 3.05. The molecule has 1 N–H and O–H groups in total. The van der Waals surface area contributed by atoms with E-state index in [1.807, 2.05) is 4.90 Å². The lowest BCUT2D eigenvalue weighted by atomic mass is 9.87. The van der Waals surface area contributed by atoms with E-state index in [0.29, 0.717) is 43.6 Å². The Labute approximate surface area is 179 Å². The predicted octanol–water partition coefficient (Wildman–Crippen LogP) is 3.17. The first kappa shape index (κ1) is 20.9. The van der Waals surface area contributed by atoms with Crippen LogP contribution in [0.3, 0.4) is 0 Å². The lowest BCUT2D eigenvalue weighted by molar-refractivity contribution is -0.0407. The SMILES string of the molecule is CNC(=O)N1CCN(c2nc(C3CC3)c3c(c2C#N)CC(C)(C)OC3)CC1C(C)C. The zero-order chi connectivity index (χ0) is 21.6. The van der Waals surface area contributed by atoms with Crippen molar-refractivity contribution in [3.8, 4) is 6.07 Å². The molecule has 1 aromatic heterocycles. The number of hydrogen-bond donors (Lipinski definition) is 1. The van der Waals surface area contributed by atoms with Gasteiger partial charge in [0.1, 0.15) is 11.9 Å². The summed E-state index contributed by atoms with van der Waals surface area (Å²) in [5, 5.41) is 12.9. The van der Waals surface area contributed by atoms with Crippen LogP contribution in [0.5, 0.6) is 0 Å². The van der Waals surface area contributed by atoms with Crippen LogP contribution in [0.4, 0.5) is 10.6 Å². The quantitative estimate of drug-likeness (QED) is 0.826. The number of nitriles is 1. The molecule has 30 heavy (non-hydrogen) atoms. The molecule has 1 saturated heterocycles. The largest absolute Gasteiger partial charge is 0.370 e. The highest BCUT2D eigenvalue weighted by molar-refractivity contribution is 5.75. The Morgan fingerprint density at radius 2 is 2.03 bits per heavy atom. The zero-order valence-corrected chi connectivity index (χ0v) is 18.8. The Kier molecular flexibility index (Phi) is 5.39. The molecule has 3 aliphatic rings. The molecule has 2 aliphatic heterocycles. The lowest BCUT2D eigenvalue weighted by Crippen LogP contribution is -2.59. The van der Waals surface area contributed by atoms with Crippen LogP contribution in [-0.4, -0.2) is 54.2 Å². The van der Waals surface area contributed by atoms with E-state index in [1.165, 1.54) is 0 Å². The summed E-state index contributed by atoms with van der Waals surface area (Å²) in [6.45, 7) is 11.0. The number of anilines is 1. The van der Waals surface area contributed by atoms with Crippen molar-refractivity contribution in [1.29, 1.82) is 5.26 Å². The van der Waals surface area contributed by atoms with Gasteiger partial charge in [-0.3, -0.25) is 0 Å². The number of rotatable bonds is 3. The molecular weight excluding hydrogens is 378 g/mol. The Morgan fingerprint density at radius 1 is 1.30 bits per heavy atom. The van der Waals surface area contributed by atoms with Gasteiger partial charge in [-0.25, -0.2) is 9.78 Å². The smallest absolute Gasteiger partial charge is 0.317 e. The molecule has 7 nitrogen and oxygen atoms in total. The van der Waals surface area contributed by atoms with Gasteiger partial charge in [-0.15, -0.1) is 0 Å². The van der Waals surface area contributed by atoms with Crippen molar-refractivity contribution in [1.82, 2.24) is 15.2 Å². The number of nitrogens with zero attached hydrogens (tertiary/aromatic N) is 4. The molecule has 1 aromatic rings. The highest BCUT2D eigenvalue weighted by Gasteiger charge is 2.39. The molecular formula is C23H33N5O2. The summed E-state index contributed by atoms with van der Waals surface area (Å²) in [7, 11) is 1.68. The van der Waals surface area contributed by atoms with Gasteiger partial charge in [-0.2, -0.15) is 5.26 Å². The number of pyridine rings is 1. The van der Waals surface area contributed by atoms with Gasteiger partial charge >= 0.3 is 6.03 Å². The van der Waals surface area contributed by atoms with Gasteiger partial charge in [0, 0.05) is 44.6 Å². The number of piperazine rings is 1. The van der Waals surface area contributed by atoms with E-state index in [0.717, 1.165) is 41.9 Å². The molecule has 0 aromatic carbocycles. The number of nitrogens with one attached hydrogen (secondary N) is 1. The molecule has 0 bridgehead atoms. The second-order valence-electron chi connectivity index (χ2n) is 9.77. The highest BCUT2D eigenvalue weighted by atomic mass is 16.5. The van der Waals surface area contributed by atoms with Crippen molar-refractivity contribution >= 4 is 11.8 Å². The monoisotopic (exact) mass is 411 g/mol. The van der Waals surface area contributed by atoms with E-state index in [4.69, 9.17) is 9.72 Å². The standard InChI is InChI=1S/C23H33N5O2/c1-14(2)19-12-27(8-9-28(19)22(29)25-5)21-17(11-24)16-10-23(3,4)30-13-18(16)20(26-21)15-6-7-15/h14-15,19H,6-10,12-13H2,1-5H3,(H,25,29). The molecule has 2 fully saturated rings. The number of carbonyl (C=O) groups is 1. The summed E-state index contributed by atoms with van der Waals surface area (Å²) in [6, 6.07) is 2.52. The van der Waals surface area contributed by atoms with Gasteiger partial charge in [0.15, 0.2) is 0 Å².